The number of aromatic nitrogens is 8. The lowest BCUT2D eigenvalue weighted by atomic mass is 10.1. The Kier molecular flexibility index (Phi) is 3.76. The van der Waals surface area contributed by atoms with Gasteiger partial charge in [-0.3, -0.25) is 15.0 Å². The molecule has 9 nitrogen and oxygen atoms in total. The summed E-state index contributed by atoms with van der Waals surface area (Å²) in [5, 5.41) is 21.2. The lowest BCUT2D eigenvalue weighted by Crippen LogP contribution is -2.24. The van der Waals surface area contributed by atoms with Crippen molar-refractivity contribution in [3.63, 3.8) is 0 Å². The van der Waals surface area contributed by atoms with E-state index in [0.29, 0.717) is 18.5 Å². The van der Waals surface area contributed by atoms with Crippen LogP contribution in [0, 0.1) is 0 Å². The molecule has 0 saturated carbocycles. The minimum Gasteiger partial charge on any atom is -0.324 e. The van der Waals surface area contributed by atoms with E-state index in [9.17, 15) is 4.79 Å². The van der Waals surface area contributed by atoms with E-state index in [2.05, 4.69) is 25.5 Å². The maximum absolute atomic E-state index is 13.4. The number of fused-ring (bicyclic) bond motifs is 4. The quantitative estimate of drug-likeness (QED) is 0.464. The van der Waals surface area contributed by atoms with Gasteiger partial charge in [-0.1, -0.05) is 12.1 Å². The van der Waals surface area contributed by atoms with Gasteiger partial charge in [-0.15, -0.1) is 0 Å². The van der Waals surface area contributed by atoms with E-state index >= 15 is 0 Å². The van der Waals surface area contributed by atoms with Gasteiger partial charge in [-0.05, 0) is 29.8 Å². The van der Waals surface area contributed by atoms with Gasteiger partial charge in [0.25, 0.3) is 5.56 Å². The fourth-order valence-corrected chi connectivity index (χ4v) is 4.18. The number of nitrogens with zero attached hydrogens (tertiary/aromatic N) is 6. The third-order valence-corrected chi connectivity index (χ3v) is 5.72. The Morgan fingerprint density at radius 1 is 0.968 bits per heavy atom. The minimum atomic E-state index is -0.145. The zero-order chi connectivity index (χ0) is 20.9. The molecule has 0 spiro atoms. The maximum atomic E-state index is 13.4. The molecule has 0 aliphatic carbocycles. The summed E-state index contributed by atoms with van der Waals surface area (Å²) in [7, 11) is 1.88. The molecule has 9 heteroatoms. The van der Waals surface area contributed by atoms with Crippen molar-refractivity contribution in [2.75, 3.05) is 0 Å². The van der Waals surface area contributed by atoms with E-state index in [-0.39, 0.29) is 5.56 Å². The number of aromatic amines is 2. The van der Waals surface area contributed by atoms with E-state index < -0.39 is 0 Å². The molecule has 0 amide bonds. The Bertz CT molecular complexity index is 1620. The van der Waals surface area contributed by atoms with Gasteiger partial charge >= 0.3 is 0 Å². The van der Waals surface area contributed by atoms with Crippen molar-refractivity contribution in [3.05, 3.63) is 82.3 Å². The molecule has 31 heavy (non-hydrogen) atoms. The van der Waals surface area contributed by atoms with Crippen molar-refractivity contribution in [2.24, 2.45) is 7.05 Å². The summed E-state index contributed by atoms with van der Waals surface area (Å²) >= 11 is 0. The van der Waals surface area contributed by atoms with Crippen LogP contribution in [-0.4, -0.2) is 39.7 Å². The Morgan fingerprint density at radius 2 is 1.90 bits per heavy atom. The van der Waals surface area contributed by atoms with Gasteiger partial charge in [-0.25, -0.2) is 9.67 Å². The Balaban J connectivity index is 1.47. The zero-order valence-electron chi connectivity index (χ0n) is 16.7. The minimum absolute atomic E-state index is 0.145. The van der Waals surface area contributed by atoms with Crippen molar-refractivity contribution >= 4 is 32.8 Å². The summed E-state index contributed by atoms with van der Waals surface area (Å²) < 4.78 is 3.36. The number of rotatable bonds is 4. The standard InChI is InChI=1S/C22H18N8O/c1-29-20-18(16-6-5-14(26-21(16)29)9-15-7-8-23-27-15)11-25-30(22(20)31)12-13-3-2-4-19-17(13)10-24-28-19/h2-8,10-11H,9,12H2,1H3,(H,23,27)(H,24,28). The first-order valence-electron chi connectivity index (χ1n) is 9.92. The molecule has 152 valence electrons. The molecule has 0 radical (unpaired) electrons. The summed E-state index contributed by atoms with van der Waals surface area (Å²) in [5.41, 5.74) is 5.03. The van der Waals surface area contributed by atoms with Crippen molar-refractivity contribution in [3.8, 4) is 0 Å². The van der Waals surface area contributed by atoms with Crippen LogP contribution in [0.5, 0.6) is 0 Å². The monoisotopic (exact) mass is 410 g/mol. The second-order valence-electron chi connectivity index (χ2n) is 7.61. The van der Waals surface area contributed by atoms with Crippen molar-refractivity contribution < 1.29 is 0 Å². The van der Waals surface area contributed by atoms with Crippen LogP contribution in [0.1, 0.15) is 17.0 Å². The molecule has 6 aromatic rings. The van der Waals surface area contributed by atoms with Crippen molar-refractivity contribution in [1.29, 1.82) is 0 Å². The Hall–Kier alpha value is -4.27. The molecule has 0 aliphatic rings. The van der Waals surface area contributed by atoms with E-state index in [1.807, 2.05) is 48.0 Å². The van der Waals surface area contributed by atoms with Gasteiger partial charge in [0.05, 0.1) is 24.5 Å². The van der Waals surface area contributed by atoms with Crippen LogP contribution in [0.4, 0.5) is 0 Å². The highest BCUT2D eigenvalue weighted by molar-refractivity contribution is 6.05. The maximum Gasteiger partial charge on any atom is 0.291 e. The normalized spacial score (nSPS) is 11.8. The number of hydrogen-bond acceptors (Lipinski definition) is 5. The van der Waals surface area contributed by atoms with Crippen molar-refractivity contribution in [2.45, 2.75) is 13.0 Å². The van der Waals surface area contributed by atoms with Crippen LogP contribution in [0.2, 0.25) is 0 Å². The van der Waals surface area contributed by atoms with Gasteiger partial charge in [0.2, 0.25) is 0 Å². The van der Waals surface area contributed by atoms with Crippen LogP contribution >= 0.6 is 0 Å². The predicted molar refractivity (Wildman–Crippen MR) is 117 cm³/mol. The molecule has 0 bridgehead atoms. The second kappa shape index (κ2) is 6.63. The second-order valence-corrected chi connectivity index (χ2v) is 7.61. The fourth-order valence-electron chi connectivity index (χ4n) is 4.18. The average molecular weight is 410 g/mol. The molecular weight excluding hydrogens is 392 g/mol. The summed E-state index contributed by atoms with van der Waals surface area (Å²) in [4.78, 5) is 18.2. The highest BCUT2D eigenvalue weighted by Crippen LogP contribution is 2.25. The molecule has 1 aromatic carbocycles. The highest BCUT2D eigenvalue weighted by Gasteiger charge is 2.16. The number of hydrogen-bond donors (Lipinski definition) is 2. The number of benzene rings is 1. The number of H-pyrrole nitrogens is 2. The van der Waals surface area contributed by atoms with Crippen molar-refractivity contribution in [1.82, 2.24) is 39.7 Å². The van der Waals surface area contributed by atoms with Gasteiger partial charge in [-0.2, -0.15) is 15.3 Å². The molecule has 0 aliphatic heterocycles. The van der Waals surface area contributed by atoms with Crippen LogP contribution < -0.4 is 5.56 Å². The third kappa shape index (κ3) is 2.74. The smallest absolute Gasteiger partial charge is 0.291 e. The van der Waals surface area contributed by atoms with Crippen LogP contribution in [0.15, 0.2) is 59.8 Å². The first-order valence-corrected chi connectivity index (χ1v) is 9.92. The molecule has 0 saturated heterocycles. The number of pyridine rings is 1. The van der Waals surface area contributed by atoms with Gasteiger partial charge < -0.3 is 4.57 Å². The van der Waals surface area contributed by atoms with Gasteiger partial charge in [0, 0.05) is 47.2 Å². The zero-order valence-corrected chi connectivity index (χ0v) is 16.7. The molecule has 5 aromatic heterocycles. The third-order valence-electron chi connectivity index (χ3n) is 5.72. The first-order chi connectivity index (χ1) is 15.2. The van der Waals surface area contributed by atoms with Gasteiger partial charge in [0.15, 0.2) is 0 Å². The average Bonchev–Trinajstić information content (AvgIpc) is 3.51. The molecule has 2 N–H and O–H groups in total. The van der Waals surface area contributed by atoms with E-state index in [4.69, 9.17) is 4.98 Å². The molecule has 0 fully saturated rings. The predicted octanol–water partition coefficient (Wildman–Crippen LogP) is 2.52. The first kappa shape index (κ1) is 17.6. The molecule has 6 rings (SSSR count). The van der Waals surface area contributed by atoms with E-state index in [1.54, 1.807) is 18.6 Å². The molecule has 5 heterocycles. The molecule has 0 unspecified atom stereocenters. The summed E-state index contributed by atoms with van der Waals surface area (Å²) in [6, 6.07) is 11.8. The molecular formula is C22H18N8O. The fraction of sp³-hybridized carbons (Fsp3) is 0.136. The SMILES string of the molecule is Cn1c2nc(Cc3ccn[nH]3)ccc2c2cnn(Cc3cccc4[nH]ncc34)c(=O)c21. The topological polar surface area (TPSA) is 110 Å². The summed E-state index contributed by atoms with van der Waals surface area (Å²) in [6.07, 6.45) is 5.90. The largest absolute Gasteiger partial charge is 0.324 e. The number of aryl methyl sites for hydroxylation is 1. The summed E-state index contributed by atoms with van der Waals surface area (Å²) in [6.45, 7) is 0.367. The summed E-state index contributed by atoms with van der Waals surface area (Å²) in [5.74, 6) is 0. The lowest BCUT2D eigenvalue weighted by molar-refractivity contribution is 0.647. The molecule has 0 atom stereocenters. The Labute approximate surface area is 175 Å². The van der Waals surface area contributed by atoms with Crippen LogP contribution in [0.25, 0.3) is 32.8 Å². The Morgan fingerprint density at radius 3 is 2.77 bits per heavy atom. The van der Waals surface area contributed by atoms with Crippen LogP contribution in [-0.2, 0) is 20.0 Å². The van der Waals surface area contributed by atoms with Crippen LogP contribution in [0.3, 0.4) is 0 Å². The van der Waals surface area contributed by atoms with E-state index in [1.165, 1.54) is 4.68 Å². The van der Waals surface area contributed by atoms with Gasteiger partial charge in [0.1, 0.15) is 11.2 Å². The number of nitrogens with one attached hydrogen (secondary N) is 2. The lowest BCUT2D eigenvalue weighted by Gasteiger charge is -2.06. The van der Waals surface area contributed by atoms with E-state index in [0.717, 1.165) is 44.3 Å². The highest BCUT2D eigenvalue weighted by atomic mass is 16.1.